The lowest BCUT2D eigenvalue weighted by Crippen LogP contribution is -2.48. The van der Waals surface area contributed by atoms with Gasteiger partial charge in [0.25, 0.3) is 0 Å². The summed E-state index contributed by atoms with van der Waals surface area (Å²) in [5, 5.41) is 27.4. The molecule has 1 aliphatic rings. The van der Waals surface area contributed by atoms with E-state index in [-0.39, 0.29) is 6.04 Å². The monoisotopic (exact) mass is 448 g/mol. The van der Waals surface area contributed by atoms with Crippen molar-refractivity contribution < 1.29 is 24.5 Å². The summed E-state index contributed by atoms with van der Waals surface area (Å²) in [6, 6.07) is 8.32. The first-order valence-electron chi connectivity index (χ1n) is 10.6. The average molecular weight is 449 g/mol. The normalized spacial score (nSPS) is 15.7. The van der Waals surface area contributed by atoms with Crippen molar-refractivity contribution in [2.45, 2.75) is 33.4 Å². The van der Waals surface area contributed by atoms with Crippen LogP contribution in [0.5, 0.6) is 5.75 Å². The molecule has 11 nitrogen and oxygen atoms in total. The minimum Gasteiger partial charge on any atom is -0.497 e. The van der Waals surface area contributed by atoms with E-state index in [1.54, 1.807) is 7.11 Å². The molecule has 1 atom stereocenters. The van der Waals surface area contributed by atoms with Gasteiger partial charge in [-0.25, -0.2) is 14.3 Å². The molecule has 0 bridgehead atoms. The third-order valence-corrected chi connectivity index (χ3v) is 5.38. The molecule has 0 amide bonds. The minimum absolute atomic E-state index is 0.238. The number of rotatable bonds is 7. The molecule has 176 valence electrons. The van der Waals surface area contributed by atoms with Gasteiger partial charge in [-0.05, 0) is 40.6 Å². The zero-order valence-corrected chi connectivity index (χ0v) is 19.0. The molecular formula is C21H32N6O5. The number of carboxylic acid groups (broad SMARTS) is 2. The Bertz CT molecular complexity index is 850. The van der Waals surface area contributed by atoms with Crippen LogP contribution in [0, 0.1) is 5.92 Å². The van der Waals surface area contributed by atoms with Gasteiger partial charge in [0.2, 0.25) is 0 Å². The number of benzene rings is 1. The van der Waals surface area contributed by atoms with Crippen LogP contribution in [0.15, 0.2) is 24.3 Å². The van der Waals surface area contributed by atoms with E-state index in [1.807, 2.05) is 16.8 Å². The third kappa shape index (κ3) is 6.99. The number of likely N-dealkylation sites (N-methyl/N-ethyl adjacent to an activating group) is 1. The van der Waals surface area contributed by atoms with Crippen molar-refractivity contribution in [3.63, 3.8) is 0 Å². The highest BCUT2D eigenvalue weighted by atomic mass is 16.5. The zero-order valence-electron chi connectivity index (χ0n) is 19.0. The topological polar surface area (TPSA) is 134 Å². The van der Waals surface area contributed by atoms with E-state index >= 15 is 0 Å². The predicted octanol–water partition coefficient (Wildman–Crippen LogP) is 1.22. The molecule has 32 heavy (non-hydrogen) atoms. The quantitative estimate of drug-likeness (QED) is 0.595. The highest BCUT2D eigenvalue weighted by molar-refractivity contribution is 6.27. The number of aromatic nitrogens is 4. The van der Waals surface area contributed by atoms with Crippen LogP contribution in [0.3, 0.4) is 0 Å². The van der Waals surface area contributed by atoms with Crippen LogP contribution in [-0.4, -0.2) is 92.0 Å². The van der Waals surface area contributed by atoms with Crippen molar-refractivity contribution >= 4 is 11.9 Å². The van der Waals surface area contributed by atoms with Gasteiger partial charge in [-0.3, -0.25) is 4.90 Å². The van der Waals surface area contributed by atoms with Crippen LogP contribution >= 0.6 is 0 Å². The number of carboxylic acids is 2. The van der Waals surface area contributed by atoms with E-state index < -0.39 is 11.9 Å². The summed E-state index contributed by atoms with van der Waals surface area (Å²) in [6.45, 7) is 12.9. The number of aliphatic carboxylic acids is 2. The molecule has 1 aromatic heterocycles. The Hall–Kier alpha value is -3.05. The van der Waals surface area contributed by atoms with Gasteiger partial charge in [0.15, 0.2) is 5.82 Å². The maximum Gasteiger partial charge on any atom is 0.414 e. The summed E-state index contributed by atoms with van der Waals surface area (Å²) in [5.41, 5.74) is 1.16. The Labute approximate surface area is 187 Å². The third-order valence-electron chi connectivity index (χ3n) is 5.38. The maximum absolute atomic E-state index is 9.10. The lowest BCUT2D eigenvalue weighted by molar-refractivity contribution is -0.159. The van der Waals surface area contributed by atoms with Crippen molar-refractivity contribution in [1.82, 2.24) is 30.0 Å². The molecule has 1 unspecified atom stereocenters. The van der Waals surface area contributed by atoms with Crippen LogP contribution in [0.4, 0.5) is 0 Å². The number of tetrazole rings is 1. The van der Waals surface area contributed by atoms with Crippen LogP contribution in [0.2, 0.25) is 0 Å². The highest BCUT2D eigenvalue weighted by Gasteiger charge is 2.31. The molecule has 0 saturated carbocycles. The molecule has 2 N–H and O–H groups in total. The van der Waals surface area contributed by atoms with Gasteiger partial charge < -0.3 is 19.8 Å². The summed E-state index contributed by atoms with van der Waals surface area (Å²) in [5.74, 6) is -1.38. The molecule has 2 heterocycles. The fourth-order valence-electron chi connectivity index (χ4n) is 3.68. The van der Waals surface area contributed by atoms with Gasteiger partial charge in [-0.2, -0.15) is 0 Å². The summed E-state index contributed by atoms with van der Waals surface area (Å²) in [6.07, 6.45) is 0. The Morgan fingerprint density at radius 2 is 1.66 bits per heavy atom. The van der Waals surface area contributed by atoms with Gasteiger partial charge in [0, 0.05) is 26.2 Å². The zero-order chi connectivity index (χ0) is 23.7. The average Bonchev–Trinajstić information content (AvgIpc) is 3.22. The standard InChI is InChI=1S/C19H30N6O.C2H2O4/c1-5-23-10-12-24(13-11-23)18(15(2)3)19-20-21-22-25(19)14-16-6-8-17(26-4)9-7-16;3-1(4)2(5)6/h6-9,15,18H,5,10-14H2,1-4H3;(H,3,4)(H,5,6). The van der Waals surface area contributed by atoms with E-state index in [1.165, 1.54) is 0 Å². The Kier molecular flexibility index (Phi) is 9.54. The first kappa shape index (κ1) is 25.2. The van der Waals surface area contributed by atoms with E-state index in [9.17, 15) is 0 Å². The van der Waals surface area contributed by atoms with E-state index in [4.69, 9.17) is 24.5 Å². The maximum atomic E-state index is 9.10. The second-order valence-electron chi connectivity index (χ2n) is 7.81. The van der Waals surface area contributed by atoms with Crippen LogP contribution in [-0.2, 0) is 16.1 Å². The number of methoxy groups -OCH3 is 1. The first-order valence-corrected chi connectivity index (χ1v) is 10.6. The van der Waals surface area contributed by atoms with Crippen molar-refractivity contribution in [3.05, 3.63) is 35.7 Å². The molecule has 1 aliphatic heterocycles. The van der Waals surface area contributed by atoms with Crippen molar-refractivity contribution in [1.29, 1.82) is 0 Å². The van der Waals surface area contributed by atoms with Gasteiger partial charge in [0.05, 0.1) is 19.7 Å². The first-order chi connectivity index (χ1) is 15.3. The molecule has 1 aromatic carbocycles. The van der Waals surface area contributed by atoms with Crippen molar-refractivity contribution in [3.8, 4) is 5.75 Å². The number of carbonyl (C=O) groups is 2. The van der Waals surface area contributed by atoms with E-state index in [2.05, 4.69) is 58.2 Å². The molecule has 1 fully saturated rings. The number of ether oxygens (including phenoxy) is 1. The largest absolute Gasteiger partial charge is 0.497 e. The SMILES string of the molecule is CCN1CCN(C(c2nnnn2Cc2ccc(OC)cc2)C(C)C)CC1.O=C(O)C(=O)O. The van der Waals surface area contributed by atoms with Gasteiger partial charge in [-0.15, -0.1) is 5.10 Å². The van der Waals surface area contributed by atoms with Crippen LogP contribution in [0.1, 0.15) is 38.2 Å². The number of hydrogen-bond donors (Lipinski definition) is 2. The van der Waals surface area contributed by atoms with Gasteiger partial charge >= 0.3 is 11.9 Å². The number of nitrogens with zero attached hydrogens (tertiary/aromatic N) is 6. The molecule has 11 heteroatoms. The van der Waals surface area contributed by atoms with Crippen molar-refractivity contribution in [2.24, 2.45) is 5.92 Å². The molecule has 2 aromatic rings. The predicted molar refractivity (Wildman–Crippen MR) is 116 cm³/mol. The highest BCUT2D eigenvalue weighted by Crippen LogP contribution is 2.28. The minimum atomic E-state index is -1.82. The second kappa shape index (κ2) is 12.1. The Balaban J connectivity index is 0.000000534. The van der Waals surface area contributed by atoms with Gasteiger partial charge in [-0.1, -0.05) is 32.9 Å². The fourth-order valence-corrected chi connectivity index (χ4v) is 3.68. The van der Waals surface area contributed by atoms with E-state index in [0.717, 1.165) is 49.9 Å². The summed E-state index contributed by atoms with van der Waals surface area (Å²) >= 11 is 0. The van der Waals surface area contributed by atoms with Crippen LogP contribution in [0.25, 0.3) is 0 Å². The van der Waals surface area contributed by atoms with Gasteiger partial charge in [0.1, 0.15) is 5.75 Å². The fraction of sp³-hybridized carbons (Fsp3) is 0.571. The molecular weight excluding hydrogens is 416 g/mol. The smallest absolute Gasteiger partial charge is 0.414 e. The molecule has 3 rings (SSSR count). The molecule has 0 radical (unpaired) electrons. The second-order valence-corrected chi connectivity index (χ2v) is 7.81. The lowest BCUT2D eigenvalue weighted by Gasteiger charge is -2.39. The molecule has 0 aliphatic carbocycles. The molecule has 0 spiro atoms. The number of piperazine rings is 1. The molecule has 1 saturated heterocycles. The Morgan fingerprint density at radius 1 is 1.06 bits per heavy atom. The summed E-state index contributed by atoms with van der Waals surface area (Å²) < 4.78 is 7.18. The summed E-state index contributed by atoms with van der Waals surface area (Å²) in [7, 11) is 1.68. The number of hydrogen-bond acceptors (Lipinski definition) is 8. The summed E-state index contributed by atoms with van der Waals surface area (Å²) in [4.78, 5) is 23.2. The Morgan fingerprint density at radius 3 is 2.12 bits per heavy atom. The van der Waals surface area contributed by atoms with E-state index in [0.29, 0.717) is 12.5 Å². The van der Waals surface area contributed by atoms with Crippen molar-refractivity contribution in [2.75, 3.05) is 39.8 Å². The lowest BCUT2D eigenvalue weighted by atomic mass is 10.0. The van der Waals surface area contributed by atoms with Crippen LogP contribution < -0.4 is 4.74 Å².